The van der Waals surface area contributed by atoms with Crippen LogP contribution in [0.5, 0.6) is 0 Å². The van der Waals surface area contributed by atoms with E-state index in [0.717, 1.165) is 33.9 Å². The van der Waals surface area contributed by atoms with Gasteiger partial charge in [-0.15, -0.1) is 0 Å². The molecule has 0 radical (unpaired) electrons. The van der Waals surface area contributed by atoms with Crippen LogP contribution in [0.3, 0.4) is 0 Å². The van der Waals surface area contributed by atoms with Crippen LogP contribution in [0.4, 0.5) is 0 Å². The minimum Gasteiger partial charge on any atom is -0.375 e. The molecule has 1 aromatic rings. The van der Waals surface area contributed by atoms with Crippen LogP contribution in [0.15, 0.2) is 18.2 Å². The topological polar surface area (TPSA) is 9.23 Å². The molecule has 0 saturated carbocycles. The minimum absolute atomic E-state index is 0.00951. The van der Waals surface area contributed by atoms with Crippen LogP contribution >= 0.6 is 11.6 Å². The summed E-state index contributed by atoms with van der Waals surface area (Å²) in [6.45, 7) is 2.93. The normalized spacial score (nSPS) is 26.8. The lowest BCUT2D eigenvalue weighted by Crippen LogP contribution is -2.33. The van der Waals surface area contributed by atoms with Crippen molar-refractivity contribution in [3.63, 3.8) is 0 Å². The van der Waals surface area contributed by atoms with Crippen molar-refractivity contribution in [2.75, 3.05) is 6.61 Å². The molecule has 1 saturated heterocycles. The molecule has 1 aliphatic rings. The maximum atomic E-state index is 6.15. The Kier molecular flexibility index (Phi) is 3.19. The van der Waals surface area contributed by atoms with E-state index in [0.29, 0.717) is 0 Å². The lowest BCUT2D eigenvalue weighted by atomic mass is 9.99. The van der Waals surface area contributed by atoms with Gasteiger partial charge in [-0.25, -0.2) is 0 Å². The summed E-state index contributed by atoms with van der Waals surface area (Å²) in [6.07, 6.45) is 3.62. The van der Waals surface area contributed by atoms with E-state index < -0.39 is 0 Å². The van der Waals surface area contributed by atoms with Gasteiger partial charge in [0.1, 0.15) is 0 Å². The maximum absolute atomic E-state index is 6.15. The van der Waals surface area contributed by atoms with E-state index in [9.17, 15) is 0 Å². The molecule has 1 aliphatic heterocycles. The van der Waals surface area contributed by atoms with Gasteiger partial charge in [-0.1, -0.05) is 23.7 Å². The Hall–Kier alpha value is -0.313. The van der Waals surface area contributed by atoms with Crippen molar-refractivity contribution in [3.05, 3.63) is 34.3 Å². The molecular weight excluding hydrogens is 224 g/mol. The summed E-state index contributed by atoms with van der Waals surface area (Å²) in [5.41, 5.74) is 2.41. The van der Waals surface area contributed by atoms with Gasteiger partial charge in [0, 0.05) is 21.9 Å². The molecule has 0 amide bonds. The molecule has 3 heteroatoms. The average Bonchev–Trinajstić information content (AvgIpc) is 2.23. The van der Waals surface area contributed by atoms with E-state index in [-0.39, 0.29) is 5.22 Å². The van der Waals surface area contributed by atoms with Crippen molar-refractivity contribution >= 4 is 21.8 Å². The fourth-order valence-electron chi connectivity index (χ4n) is 2.08. The molecule has 0 aromatic heterocycles. The highest BCUT2D eigenvalue weighted by Crippen LogP contribution is 2.33. The third-order valence-electron chi connectivity index (χ3n) is 3.25. The van der Waals surface area contributed by atoms with Gasteiger partial charge < -0.3 is 4.74 Å². The molecule has 1 heterocycles. The molecule has 1 unspecified atom stereocenters. The molecule has 1 fully saturated rings. The second kappa shape index (κ2) is 4.28. The number of hydrogen-bond donors (Lipinski definition) is 0. The van der Waals surface area contributed by atoms with Crippen LogP contribution in [0, 0.1) is 6.92 Å². The number of aryl methyl sites for hydroxylation is 1. The summed E-state index contributed by atoms with van der Waals surface area (Å²) in [7, 11) is 1.03. The smallest absolute Gasteiger partial charge is 0.0723 e. The first kappa shape index (κ1) is 11.2. The van der Waals surface area contributed by atoms with Crippen LogP contribution in [0.2, 0.25) is 5.02 Å². The molecule has 1 nitrogen and oxygen atoms in total. The largest absolute Gasteiger partial charge is 0.375 e. The standard InChI is InChI=1S/C12H17ClOSi/c1-9-4-5-10(8-11(9)13)12(15)6-2-3-7-14-12/h4-5,8H,2-3,6-7H2,1,15H3. The number of ether oxygens (including phenoxy) is 1. The third kappa shape index (κ3) is 2.27. The fraction of sp³-hybridized carbons (Fsp3) is 0.500. The van der Waals surface area contributed by atoms with E-state index in [4.69, 9.17) is 16.3 Å². The van der Waals surface area contributed by atoms with Crippen molar-refractivity contribution in [1.29, 1.82) is 0 Å². The Morgan fingerprint density at radius 3 is 2.80 bits per heavy atom. The molecule has 0 spiro atoms. The molecule has 2 rings (SSSR count). The van der Waals surface area contributed by atoms with E-state index in [1.54, 1.807) is 0 Å². The summed E-state index contributed by atoms with van der Waals surface area (Å²) >= 11 is 6.15. The quantitative estimate of drug-likeness (QED) is 0.685. The van der Waals surface area contributed by atoms with E-state index in [2.05, 4.69) is 18.2 Å². The van der Waals surface area contributed by atoms with E-state index >= 15 is 0 Å². The highest BCUT2D eigenvalue weighted by molar-refractivity contribution is 6.31. The summed E-state index contributed by atoms with van der Waals surface area (Å²) in [5, 5.41) is 0.868. The second-order valence-corrected chi connectivity index (χ2v) is 6.52. The van der Waals surface area contributed by atoms with Gasteiger partial charge in [-0.3, -0.25) is 0 Å². The van der Waals surface area contributed by atoms with Gasteiger partial charge in [-0.2, -0.15) is 0 Å². The average molecular weight is 241 g/mol. The lowest BCUT2D eigenvalue weighted by molar-refractivity contribution is -0.0210. The third-order valence-corrected chi connectivity index (χ3v) is 5.02. The van der Waals surface area contributed by atoms with Crippen LogP contribution < -0.4 is 0 Å². The Labute approximate surface area is 99.2 Å². The molecule has 0 N–H and O–H groups in total. The zero-order valence-electron chi connectivity index (χ0n) is 9.35. The predicted octanol–water partition coefficient (Wildman–Crippen LogP) is 2.37. The summed E-state index contributed by atoms with van der Waals surface area (Å²) in [4.78, 5) is 0. The van der Waals surface area contributed by atoms with Crippen molar-refractivity contribution in [2.24, 2.45) is 0 Å². The lowest BCUT2D eigenvalue weighted by Gasteiger charge is -2.34. The van der Waals surface area contributed by atoms with Crippen LogP contribution in [0.1, 0.15) is 30.4 Å². The Balaban J connectivity index is 2.31. The summed E-state index contributed by atoms with van der Waals surface area (Å²) in [6, 6.07) is 6.34. The Bertz CT molecular complexity index is 359. The number of halogens is 1. The Morgan fingerprint density at radius 2 is 2.20 bits per heavy atom. The molecule has 1 atom stereocenters. The van der Waals surface area contributed by atoms with Crippen LogP contribution in [-0.4, -0.2) is 16.8 Å². The monoisotopic (exact) mass is 240 g/mol. The van der Waals surface area contributed by atoms with Crippen molar-refractivity contribution in [1.82, 2.24) is 0 Å². The number of hydrogen-bond acceptors (Lipinski definition) is 1. The van der Waals surface area contributed by atoms with E-state index in [1.165, 1.54) is 18.4 Å². The van der Waals surface area contributed by atoms with Crippen molar-refractivity contribution in [2.45, 2.75) is 31.4 Å². The van der Waals surface area contributed by atoms with Crippen molar-refractivity contribution < 1.29 is 4.74 Å². The zero-order valence-corrected chi connectivity index (χ0v) is 12.1. The number of benzene rings is 1. The molecular formula is C12H17ClOSi. The van der Waals surface area contributed by atoms with Gasteiger partial charge in [-0.05, 0) is 43.4 Å². The second-order valence-electron chi connectivity index (χ2n) is 4.50. The summed E-state index contributed by atoms with van der Waals surface area (Å²) in [5.74, 6) is 0. The van der Waals surface area contributed by atoms with E-state index in [1.807, 2.05) is 6.92 Å². The molecule has 82 valence electrons. The van der Waals surface area contributed by atoms with Gasteiger partial charge in [0.25, 0.3) is 0 Å². The molecule has 15 heavy (non-hydrogen) atoms. The first-order valence-corrected chi connectivity index (χ1v) is 6.90. The molecule has 1 aromatic carbocycles. The Morgan fingerprint density at radius 1 is 1.40 bits per heavy atom. The van der Waals surface area contributed by atoms with Gasteiger partial charge >= 0.3 is 0 Å². The first-order chi connectivity index (χ1) is 7.12. The van der Waals surface area contributed by atoms with Crippen LogP contribution in [0.25, 0.3) is 0 Å². The number of rotatable bonds is 1. The highest BCUT2D eigenvalue weighted by Gasteiger charge is 2.29. The zero-order chi connectivity index (χ0) is 10.9. The minimum atomic E-state index is 0.00951. The van der Waals surface area contributed by atoms with Crippen molar-refractivity contribution in [3.8, 4) is 0 Å². The maximum Gasteiger partial charge on any atom is 0.0723 e. The summed E-state index contributed by atoms with van der Waals surface area (Å²) < 4.78 is 5.95. The van der Waals surface area contributed by atoms with Crippen LogP contribution in [-0.2, 0) is 9.96 Å². The van der Waals surface area contributed by atoms with Gasteiger partial charge in [0.05, 0.1) is 5.22 Å². The fourth-order valence-corrected chi connectivity index (χ4v) is 3.13. The first-order valence-electron chi connectivity index (χ1n) is 5.52. The highest BCUT2D eigenvalue weighted by atomic mass is 35.5. The van der Waals surface area contributed by atoms with Gasteiger partial charge in [0.15, 0.2) is 0 Å². The molecule has 0 bridgehead atoms. The SMILES string of the molecule is Cc1ccc(C2([SiH3])CCCCO2)cc1Cl. The molecule has 0 aliphatic carbocycles. The van der Waals surface area contributed by atoms with Gasteiger partial charge in [0.2, 0.25) is 0 Å². The predicted molar refractivity (Wildman–Crippen MR) is 67.6 cm³/mol.